The van der Waals surface area contributed by atoms with Crippen molar-refractivity contribution in [1.82, 2.24) is 5.16 Å². The second-order valence-corrected chi connectivity index (χ2v) is 3.66. The number of nitrogens with zero attached hydrogens (tertiary/aromatic N) is 1. The standard InChI is InChI=1S/C13H7F2NO/c14-10-6-5-8(7-11(10)15)13-9-3-1-2-4-12(9)17-16-13/h1-7H. The molecule has 84 valence electrons. The molecule has 1 aromatic heterocycles. The summed E-state index contributed by atoms with van der Waals surface area (Å²) in [4.78, 5) is 0. The molecule has 4 heteroatoms. The van der Waals surface area contributed by atoms with Crippen LogP contribution in [0.25, 0.3) is 22.2 Å². The molecule has 0 unspecified atom stereocenters. The van der Waals surface area contributed by atoms with Crippen molar-refractivity contribution in [3.8, 4) is 11.3 Å². The third-order valence-corrected chi connectivity index (χ3v) is 2.57. The average molecular weight is 231 g/mol. The Balaban J connectivity index is 2.24. The molecule has 0 atom stereocenters. The molecule has 0 fully saturated rings. The molecule has 0 radical (unpaired) electrons. The fraction of sp³-hybridized carbons (Fsp3) is 0. The predicted molar refractivity (Wildman–Crippen MR) is 59.4 cm³/mol. The normalized spacial score (nSPS) is 10.9. The molecule has 0 spiro atoms. The Hall–Kier alpha value is -2.23. The van der Waals surface area contributed by atoms with E-state index >= 15 is 0 Å². The molecule has 0 aliphatic heterocycles. The molecule has 2 aromatic carbocycles. The minimum atomic E-state index is -0.894. The van der Waals surface area contributed by atoms with E-state index in [-0.39, 0.29) is 0 Å². The molecule has 3 aromatic rings. The lowest BCUT2D eigenvalue weighted by Gasteiger charge is -1.97. The van der Waals surface area contributed by atoms with Gasteiger partial charge in [-0.05, 0) is 30.3 Å². The highest BCUT2D eigenvalue weighted by Gasteiger charge is 2.11. The number of hydrogen-bond donors (Lipinski definition) is 0. The number of benzene rings is 2. The maximum absolute atomic E-state index is 13.1. The highest BCUT2D eigenvalue weighted by atomic mass is 19.2. The van der Waals surface area contributed by atoms with Crippen molar-refractivity contribution in [3.05, 3.63) is 54.1 Å². The van der Waals surface area contributed by atoms with Gasteiger partial charge in [-0.2, -0.15) is 0 Å². The lowest BCUT2D eigenvalue weighted by molar-refractivity contribution is 0.459. The molecule has 0 amide bonds. The Morgan fingerprint density at radius 3 is 2.59 bits per heavy atom. The molecule has 0 aliphatic rings. The van der Waals surface area contributed by atoms with Gasteiger partial charge in [0.1, 0.15) is 5.69 Å². The van der Waals surface area contributed by atoms with Gasteiger partial charge in [-0.1, -0.05) is 17.3 Å². The van der Waals surface area contributed by atoms with Crippen molar-refractivity contribution in [2.24, 2.45) is 0 Å². The van der Waals surface area contributed by atoms with Crippen LogP contribution in [-0.4, -0.2) is 5.16 Å². The first-order valence-electron chi connectivity index (χ1n) is 5.05. The van der Waals surface area contributed by atoms with Crippen LogP contribution in [0.5, 0.6) is 0 Å². The minimum absolute atomic E-state index is 0.494. The first kappa shape index (κ1) is 9.96. The van der Waals surface area contributed by atoms with Crippen molar-refractivity contribution in [3.63, 3.8) is 0 Å². The molecule has 3 rings (SSSR count). The molecule has 2 nitrogen and oxygen atoms in total. The number of halogens is 2. The highest BCUT2D eigenvalue weighted by Crippen LogP contribution is 2.28. The second kappa shape index (κ2) is 3.66. The van der Waals surface area contributed by atoms with Gasteiger partial charge in [-0.25, -0.2) is 8.78 Å². The van der Waals surface area contributed by atoms with Crippen LogP contribution in [0.4, 0.5) is 8.78 Å². The van der Waals surface area contributed by atoms with Crippen LogP contribution in [0.15, 0.2) is 47.0 Å². The zero-order valence-corrected chi connectivity index (χ0v) is 8.65. The van der Waals surface area contributed by atoms with Crippen LogP contribution in [0.2, 0.25) is 0 Å². The quantitative estimate of drug-likeness (QED) is 0.637. The van der Waals surface area contributed by atoms with Crippen LogP contribution in [0, 0.1) is 11.6 Å². The van der Waals surface area contributed by atoms with Gasteiger partial charge >= 0.3 is 0 Å². The second-order valence-electron chi connectivity index (χ2n) is 3.66. The van der Waals surface area contributed by atoms with Gasteiger partial charge in [0.25, 0.3) is 0 Å². The van der Waals surface area contributed by atoms with Gasteiger partial charge in [-0.15, -0.1) is 0 Å². The number of hydrogen-bond acceptors (Lipinski definition) is 2. The molecule has 0 aliphatic carbocycles. The summed E-state index contributed by atoms with van der Waals surface area (Å²) in [7, 11) is 0. The van der Waals surface area contributed by atoms with Crippen LogP contribution in [0.3, 0.4) is 0 Å². The van der Waals surface area contributed by atoms with E-state index in [9.17, 15) is 8.78 Å². The lowest BCUT2D eigenvalue weighted by atomic mass is 10.1. The van der Waals surface area contributed by atoms with E-state index in [2.05, 4.69) is 5.16 Å². The van der Waals surface area contributed by atoms with Gasteiger partial charge < -0.3 is 4.52 Å². The molecule has 17 heavy (non-hydrogen) atoms. The fourth-order valence-corrected chi connectivity index (χ4v) is 1.74. The SMILES string of the molecule is Fc1ccc(-c2noc3ccccc23)cc1F. The highest BCUT2D eigenvalue weighted by molar-refractivity contribution is 5.91. The third-order valence-electron chi connectivity index (χ3n) is 2.57. The maximum Gasteiger partial charge on any atom is 0.167 e. The largest absolute Gasteiger partial charge is 0.356 e. The Labute approximate surface area is 95.5 Å². The first-order chi connectivity index (χ1) is 8.25. The van der Waals surface area contributed by atoms with E-state index in [4.69, 9.17) is 4.52 Å². The Kier molecular flexibility index (Phi) is 2.14. The van der Waals surface area contributed by atoms with Gasteiger partial charge in [0, 0.05) is 10.9 Å². The molecule has 0 bridgehead atoms. The Morgan fingerprint density at radius 2 is 1.76 bits per heavy atom. The number of rotatable bonds is 1. The number of aromatic nitrogens is 1. The van der Waals surface area contributed by atoms with Crippen LogP contribution < -0.4 is 0 Å². The van der Waals surface area contributed by atoms with E-state index in [0.29, 0.717) is 16.8 Å². The molecule has 0 saturated carbocycles. The van der Waals surface area contributed by atoms with Crippen LogP contribution >= 0.6 is 0 Å². The predicted octanol–water partition coefficient (Wildman–Crippen LogP) is 3.77. The van der Waals surface area contributed by atoms with E-state index in [1.54, 1.807) is 6.07 Å². The Bertz CT molecular complexity index is 691. The third kappa shape index (κ3) is 1.58. The molecule has 1 heterocycles. The zero-order chi connectivity index (χ0) is 11.8. The summed E-state index contributed by atoms with van der Waals surface area (Å²) in [6.07, 6.45) is 0. The summed E-state index contributed by atoms with van der Waals surface area (Å²) in [5.74, 6) is -1.77. The summed E-state index contributed by atoms with van der Waals surface area (Å²) in [5, 5.41) is 4.65. The van der Waals surface area contributed by atoms with E-state index in [1.165, 1.54) is 6.07 Å². The van der Waals surface area contributed by atoms with Crippen molar-refractivity contribution < 1.29 is 13.3 Å². The van der Waals surface area contributed by atoms with Gasteiger partial charge in [0.05, 0.1) is 0 Å². The summed E-state index contributed by atoms with van der Waals surface area (Å²) in [5.41, 5.74) is 1.63. The van der Waals surface area contributed by atoms with E-state index in [0.717, 1.165) is 17.5 Å². The monoisotopic (exact) mass is 231 g/mol. The summed E-state index contributed by atoms with van der Waals surface area (Å²) < 4.78 is 31.1. The van der Waals surface area contributed by atoms with Gasteiger partial charge in [0.15, 0.2) is 17.2 Å². The molecular formula is C13H7F2NO. The minimum Gasteiger partial charge on any atom is -0.356 e. The van der Waals surface area contributed by atoms with E-state index in [1.807, 2.05) is 18.2 Å². The van der Waals surface area contributed by atoms with Gasteiger partial charge in [-0.3, -0.25) is 0 Å². The number of fused-ring (bicyclic) bond motifs is 1. The van der Waals surface area contributed by atoms with Crippen LogP contribution in [0.1, 0.15) is 0 Å². The maximum atomic E-state index is 13.1. The van der Waals surface area contributed by atoms with Crippen molar-refractivity contribution in [1.29, 1.82) is 0 Å². The van der Waals surface area contributed by atoms with Crippen molar-refractivity contribution >= 4 is 11.0 Å². The topological polar surface area (TPSA) is 26.0 Å². The first-order valence-corrected chi connectivity index (χ1v) is 5.05. The van der Waals surface area contributed by atoms with Crippen molar-refractivity contribution in [2.75, 3.05) is 0 Å². The lowest BCUT2D eigenvalue weighted by Crippen LogP contribution is -1.85. The van der Waals surface area contributed by atoms with Crippen LogP contribution in [-0.2, 0) is 0 Å². The molecule has 0 N–H and O–H groups in total. The van der Waals surface area contributed by atoms with E-state index < -0.39 is 11.6 Å². The summed E-state index contributed by atoms with van der Waals surface area (Å²) >= 11 is 0. The molecule has 0 saturated heterocycles. The summed E-state index contributed by atoms with van der Waals surface area (Å²) in [6, 6.07) is 10.9. The molecular weight excluding hydrogens is 224 g/mol. The Morgan fingerprint density at radius 1 is 0.941 bits per heavy atom. The smallest absolute Gasteiger partial charge is 0.167 e. The van der Waals surface area contributed by atoms with Gasteiger partial charge in [0.2, 0.25) is 0 Å². The van der Waals surface area contributed by atoms with Crippen molar-refractivity contribution in [2.45, 2.75) is 0 Å². The summed E-state index contributed by atoms with van der Waals surface area (Å²) in [6.45, 7) is 0. The average Bonchev–Trinajstić information content (AvgIpc) is 2.76. The zero-order valence-electron chi connectivity index (χ0n) is 8.65. The number of para-hydroxylation sites is 1. The fourth-order valence-electron chi connectivity index (χ4n) is 1.74.